The third-order valence-corrected chi connectivity index (χ3v) is 3.65. The molecule has 0 aromatic heterocycles. The average Bonchev–Trinajstić information content (AvgIpc) is 2.28. The van der Waals surface area contributed by atoms with E-state index in [0.29, 0.717) is 13.0 Å². The van der Waals surface area contributed by atoms with Crippen molar-refractivity contribution in [1.82, 2.24) is 10.2 Å². The minimum absolute atomic E-state index is 0.0461. The topological polar surface area (TPSA) is 49.4 Å². The molecule has 0 unspecified atom stereocenters. The van der Waals surface area contributed by atoms with E-state index in [9.17, 15) is 9.59 Å². The number of likely N-dealkylation sites (N-methyl/N-ethyl adjacent to an activating group) is 1. The van der Waals surface area contributed by atoms with Crippen LogP contribution in [0.5, 0.6) is 0 Å². The van der Waals surface area contributed by atoms with Gasteiger partial charge in [0.25, 0.3) is 0 Å². The summed E-state index contributed by atoms with van der Waals surface area (Å²) in [5, 5.41) is 3.00. The van der Waals surface area contributed by atoms with Gasteiger partial charge in [0.1, 0.15) is 5.78 Å². The molecule has 18 heavy (non-hydrogen) atoms. The third-order valence-electron chi connectivity index (χ3n) is 3.65. The molecule has 1 rings (SSSR count). The van der Waals surface area contributed by atoms with Gasteiger partial charge in [0.15, 0.2) is 0 Å². The van der Waals surface area contributed by atoms with Crippen LogP contribution in [0, 0.1) is 11.8 Å². The molecule has 0 heterocycles. The molecule has 0 saturated heterocycles. The largest absolute Gasteiger partial charge is 0.355 e. The normalized spacial score (nSPS) is 24.0. The number of carbonyl (C=O) groups is 2. The molecule has 2 atom stereocenters. The minimum Gasteiger partial charge on any atom is -0.355 e. The highest BCUT2D eigenvalue weighted by Gasteiger charge is 2.31. The Bertz CT molecular complexity index is 290. The van der Waals surface area contributed by atoms with E-state index in [0.717, 1.165) is 32.2 Å². The van der Waals surface area contributed by atoms with Crippen molar-refractivity contribution in [2.24, 2.45) is 11.8 Å². The first-order chi connectivity index (χ1) is 8.50. The summed E-state index contributed by atoms with van der Waals surface area (Å²) in [6.45, 7) is 3.17. The molecular weight excluding hydrogens is 228 g/mol. The second kappa shape index (κ2) is 7.52. The van der Waals surface area contributed by atoms with Crippen molar-refractivity contribution in [3.8, 4) is 0 Å². The van der Waals surface area contributed by atoms with Gasteiger partial charge in [-0.25, -0.2) is 0 Å². The number of nitrogens with zero attached hydrogens (tertiary/aromatic N) is 1. The van der Waals surface area contributed by atoms with E-state index < -0.39 is 0 Å². The molecule has 0 aromatic rings. The van der Waals surface area contributed by atoms with Crippen molar-refractivity contribution in [3.63, 3.8) is 0 Å². The number of rotatable bonds is 6. The summed E-state index contributed by atoms with van der Waals surface area (Å²) < 4.78 is 0. The summed E-state index contributed by atoms with van der Waals surface area (Å²) in [7, 11) is 3.98. The lowest BCUT2D eigenvalue weighted by molar-refractivity contribution is -0.128. The predicted molar refractivity (Wildman–Crippen MR) is 72.3 cm³/mol. The van der Waals surface area contributed by atoms with Crippen LogP contribution in [-0.2, 0) is 9.59 Å². The zero-order valence-corrected chi connectivity index (χ0v) is 11.9. The number of nitrogens with one attached hydrogen (secondary N) is 1. The molecule has 4 heteroatoms. The molecule has 0 aliphatic heterocycles. The van der Waals surface area contributed by atoms with Gasteiger partial charge in [-0.15, -0.1) is 0 Å². The molecule has 0 bridgehead atoms. The van der Waals surface area contributed by atoms with Crippen molar-refractivity contribution >= 4 is 11.7 Å². The van der Waals surface area contributed by atoms with Gasteiger partial charge in [0.2, 0.25) is 5.91 Å². The van der Waals surface area contributed by atoms with Crippen LogP contribution in [-0.4, -0.2) is 43.8 Å². The number of carbonyl (C=O) groups excluding carboxylic acids is 2. The summed E-state index contributed by atoms with van der Waals surface area (Å²) in [6, 6.07) is 0. The van der Waals surface area contributed by atoms with Crippen LogP contribution in [0.2, 0.25) is 0 Å². The molecule has 0 aromatic carbocycles. The van der Waals surface area contributed by atoms with Crippen molar-refractivity contribution in [2.75, 3.05) is 27.2 Å². The van der Waals surface area contributed by atoms with Crippen LogP contribution in [0.25, 0.3) is 0 Å². The number of hydrogen-bond acceptors (Lipinski definition) is 3. The minimum atomic E-state index is 0.0461. The first kappa shape index (κ1) is 15.2. The molecular formula is C14H26N2O2. The first-order valence-electron chi connectivity index (χ1n) is 6.92. The van der Waals surface area contributed by atoms with Gasteiger partial charge in [0.05, 0.1) is 0 Å². The van der Waals surface area contributed by atoms with Crippen LogP contribution in [0.4, 0.5) is 0 Å². The summed E-state index contributed by atoms with van der Waals surface area (Å²) in [5.41, 5.74) is 0. The maximum absolute atomic E-state index is 12.1. The van der Waals surface area contributed by atoms with Crippen LogP contribution in [0.15, 0.2) is 0 Å². The molecule has 4 nitrogen and oxygen atoms in total. The Balaban J connectivity index is 2.44. The summed E-state index contributed by atoms with van der Waals surface area (Å²) >= 11 is 0. The summed E-state index contributed by atoms with van der Waals surface area (Å²) in [6.07, 6.45) is 4.78. The predicted octanol–water partition coefficient (Wildman–Crippen LogP) is 1.45. The molecule has 1 fully saturated rings. The first-order valence-corrected chi connectivity index (χ1v) is 6.92. The Labute approximate surface area is 110 Å². The average molecular weight is 254 g/mol. The zero-order chi connectivity index (χ0) is 13.5. The summed E-state index contributed by atoms with van der Waals surface area (Å²) in [5.74, 6) is 0.649. The zero-order valence-electron chi connectivity index (χ0n) is 11.9. The number of ketones is 1. The number of Topliss-reactive ketones (excluding diaryl/α,β-unsaturated/α-hetero) is 1. The lowest BCUT2D eigenvalue weighted by Crippen LogP contribution is -2.40. The van der Waals surface area contributed by atoms with Crippen molar-refractivity contribution in [1.29, 1.82) is 0 Å². The Morgan fingerprint density at radius 1 is 1.22 bits per heavy atom. The standard InChI is InChI=1S/C14H26N2O2/c1-11(17)10-12-6-4-5-7-13(12)14(18)15-8-9-16(2)3/h12-13H,4-10H2,1-3H3,(H,15,18)/t12-,13-/m0/s1. The van der Waals surface area contributed by atoms with E-state index in [2.05, 4.69) is 5.32 Å². The van der Waals surface area contributed by atoms with E-state index in [1.807, 2.05) is 19.0 Å². The molecule has 1 amide bonds. The van der Waals surface area contributed by atoms with E-state index in [1.54, 1.807) is 6.92 Å². The second-order valence-electron chi connectivity index (χ2n) is 5.65. The van der Waals surface area contributed by atoms with Crippen molar-refractivity contribution in [3.05, 3.63) is 0 Å². The smallest absolute Gasteiger partial charge is 0.223 e. The van der Waals surface area contributed by atoms with E-state index in [-0.39, 0.29) is 23.5 Å². The van der Waals surface area contributed by atoms with Gasteiger partial charge in [-0.05, 0) is 39.8 Å². The Kier molecular flexibility index (Phi) is 6.33. The van der Waals surface area contributed by atoms with Gasteiger partial charge >= 0.3 is 0 Å². The van der Waals surface area contributed by atoms with Crippen LogP contribution < -0.4 is 5.32 Å². The van der Waals surface area contributed by atoms with E-state index in [4.69, 9.17) is 0 Å². The highest BCUT2D eigenvalue weighted by molar-refractivity contribution is 5.81. The Hall–Kier alpha value is -0.900. The fraction of sp³-hybridized carbons (Fsp3) is 0.857. The van der Waals surface area contributed by atoms with Crippen molar-refractivity contribution in [2.45, 2.75) is 39.0 Å². The molecule has 0 spiro atoms. The lowest BCUT2D eigenvalue weighted by Gasteiger charge is -2.30. The monoisotopic (exact) mass is 254 g/mol. The van der Waals surface area contributed by atoms with E-state index in [1.165, 1.54) is 0 Å². The van der Waals surface area contributed by atoms with Crippen LogP contribution in [0.1, 0.15) is 39.0 Å². The lowest BCUT2D eigenvalue weighted by atomic mass is 9.76. The van der Waals surface area contributed by atoms with Gasteiger partial charge in [0, 0.05) is 25.4 Å². The number of amides is 1. The van der Waals surface area contributed by atoms with Gasteiger partial charge in [-0.1, -0.05) is 12.8 Å². The molecule has 1 N–H and O–H groups in total. The number of hydrogen-bond donors (Lipinski definition) is 1. The third kappa shape index (κ3) is 5.17. The fourth-order valence-corrected chi connectivity index (χ4v) is 2.70. The fourth-order valence-electron chi connectivity index (χ4n) is 2.70. The highest BCUT2D eigenvalue weighted by Crippen LogP contribution is 2.32. The van der Waals surface area contributed by atoms with Gasteiger partial charge in [-0.2, -0.15) is 0 Å². The molecule has 1 saturated carbocycles. The molecule has 1 aliphatic rings. The van der Waals surface area contributed by atoms with Gasteiger partial charge < -0.3 is 15.0 Å². The SMILES string of the molecule is CC(=O)C[C@@H]1CCCC[C@@H]1C(=O)NCCN(C)C. The molecule has 1 aliphatic carbocycles. The maximum atomic E-state index is 12.1. The van der Waals surface area contributed by atoms with Crippen molar-refractivity contribution < 1.29 is 9.59 Å². The Morgan fingerprint density at radius 3 is 2.50 bits per heavy atom. The highest BCUT2D eigenvalue weighted by atomic mass is 16.2. The summed E-state index contributed by atoms with van der Waals surface area (Å²) in [4.78, 5) is 25.4. The molecule has 0 radical (unpaired) electrons. The second-order valence-corrected chi connectivity index (χ2v) is 5.65. The molecule has 104 valence electrons. The van der Waals surface area contributed by atoms with Crippen LogP contribution >= 0.6 is 0 Å². The Morgan fingerprint density at radius 2 is 1.89 bits per heavy atom. The van der Waals surface area contributed by atoms with Gasteiger partial charge in [-0.3, -0.25) is 4.79 Å². The van der Waals surface area contributed by atoms with E-state index >= 15 is 0 Å². The maximum Gasteiger partial charge on any atom is 0.223 e. The van der Waals surface area contributed by atoms with Crippen LogP contribution in [0.3, 0.4) is 0 Å². The quantitative estimate of drug-likeness (QED) is 0.780.